The van der Waals surface area contributed by atoms with E-state index in [1.807, 2.05) is 0 Å². The van der Waals surface area contributed by atoms with Crippen LogP contribution in [-0.2, 0) is 17.8 Å². The molecule has 20 heavy (non-hydrogen) atoms. The average Bonchev–Trinajstić information content (AvgIpc) is 2.75. The number of halogens is 1. The van der Waals surface area contributed by atoms with Gasteiger partial charge in [0.1, 0.15) is 5.60 Å². The Balaban J connectivity index is 2.23. The average molecular weight is 283 g/mol. The number of carbonyl (C=O) groups is 1. The third kappa shape index (κ3) is 2.64. The number of aromatic hydroxyl groups is 1. The first-order chi connectivity index (χ1) is 9.23. The summed E-state index contributed by atoms with van der Waals surface area (Å²) in [7, 11) is 1.35. The Hall–Kier alpha value is -1.98. The molecule has 0 unspecified atom stereocenters. The summed E-state index contributed by atoms with van der Waals surface area (Å²) in [6, 6.07) is 1.54. The fourth-order valence-electron chi connectivity index (χ4n) is 2.08. The van der Waals surface area contributed by atoms with Crippen molar-refractivity contribution in [2.24, 2.45) is 0 Å². The van der Waals surface area contributed by atoms with Crippen molar-refractivity contribution in [2.75, 3.05) is 7.11 Å². The number of hydrogen-bond donors (Lipinski definition) is 1. The Morgan fingerprint density at radius 1 is 1.40 bits per heavy atom. The third-order valence-corrected chi connectivity index (χ3v) is 2.98. The summed E-state index contributed by atoms with van der Waals surface area (Å²) in [5, 5.41) is 9.64. The van der Waals surface area contributed by atoms with Crippen LogP contribution in [0.2, 0.25) is 0 Å². The molecule has 0 aromatic heterocycles. The van der Waals surface area contributed by atoms with Gasteiger partial charge < -0.3 is 14.6 Å². The Kier molecular flexibility index (Phi) is 3.50. The third-order valence-electron chi connectivity index (χ3n) is 2.98. The summed E-state index contributed by atoms with van der Waals surface area (Å²) in [5.74, 6) is -1.21. The van der Waals surface area contributed by atoms with E-state index in [1.54, 1.807) is 20.8 Å². The van der Waals surface area contributed by atoms with Crippen LogP contribution in [-0.4, -0.2) is 28.8 Å². The van der Waals surface area contributed by atoms with Gasteiger partial charge in [0.25, 0.3) is 0 Å². The van der Waals surface area contributed by atoms with Crippen LogP contribution in [0.5, 0.6) is 11.5 Å². The van der Waals surface area contributed by atoms with Crippen LogP contribution in [0.15, 0.2) is 6.07 Å². The highest BCUT2D eigenvalue weighted by Crippen LogP contribution is 2.38. The lowest BCUT2D eigenvalue weighted by atomic mass is 10.1. The van der Waals surface area contributed by atoms with E-state index in [9.17, 15) is 14.3 Å². The maximum absolute atomic E-state index is 14.0. The topological polar surface area (TPSA) is 59.0 Å². The van der Waals surface area contributed by atoms with Crippen molar-refractivity contribution in [2.45, 2.75) is 39.5 Å². The molecule has 1 heterocycles. The lowest BCUT2D eigenvalue weighted by Crippen LogP contribution is -2.33. The van der Waals surface area contributed by atoms with Crippen molar-refractivity contribution in [1.82, 2.24) is 4.90 Å². The molecule has 1 aliphatic rings. The van der Waals surface area contributed by atoms with E-state index in [4.69, 9.17) is 9.47 Å². The lowest BCUT2D eigenvalue weighted by Gasteiger charge is -2.24. The van der Waals surface area contributed by atoms with Gasteiger partial charge in [-0.05, 0) is 32.4 Å². The fourth-order valence-corrected chi connectivity index (χ4v) is 2.08. The van der Waals surface area contributed by atoms with Crippen molar-refractivity contribution in [3.63, 3.8) is 0 Å². The largest absolute Gasteiger partial charge is 0.502 e. The number of methoxy groups -OCH3 is 1. The summed E-state index contributed by atoms with van der Waals surface area (Å²) in [6.45, 7) is 5.61. The van der Waals surface area contributed by atoms with E-state index in [0.29, 0.717) is 11.1 Å². The van der Waals surface area contributed by atoms with Gasteiger partial charge in [0.15, 0.2) is 17.3 Å². The number of hydrogen-bond acceptors (Lipinski definition) is 4. The highest BCUT2D eigenvalue weighted by Gasteiger charge is 2.31. The molecule has 0 spiro atoms. The first kappa shape index (κ1) is 14.4. The van der Waals surface area contributed by atoms with Crippen molar-refractivity contribution >= 4 is 6.09 Å². The molecule has 0 fully saturated rings. The van der Waals surface area contributed by atoms with Gasteiger partial charge in [-0.25, -0.2) is 9.18 Å². The minimum Gasteiger partial charge on any atom is -0.502 e. The van der Waals surface area contributed by atoms with Crippen LogP contribution < -0.4 is 4.74 Å². The zero-order chi connectivity index (χ0) is 15.1. The van der Waals surface area contributed by atoms with E-state index in [2.05, 4.69) is 0 Å². The summed E-state index contributed by atoms with van der Waals surface area (Å²) >= 11 is 0. The minimum absolute atomic E-state index is 0.0623. The van der Waals surface area contributed by atoms with Crippen LogP contribution in [0, 0.1) is 5.82 Å². The number of phenolic OH excluding ortho intramolecular Hbond substituents is 1. The van der Waals surface area contributed by atoms with Gasteiger partial charge in [-0.1, -0.05) is 0 Å². The van der Waals surface area contributed by atoms with Crippen molar-refractivity contribution < 1.29 is 23.8 Å². The van der Waals surface area contributed by atoms with E-state index in [-0.39, 0.29) is 18.8 Å². The monoisotopic (exact) mass is 283 g/mol. The van der Waals surface area contributed by atoms with Crippen molar-refractivity contribution in [1.29, 1.82) is 0 Å². The molecule has 0 saturated heterocycles. The second-order valence-electron chi connectivity index (χ2n) is 5.72. The Labute approximate surface area is 116 Å². The number of nitrogens with zero attached hydrogens (tertiary/aromatic N) is 1. The summed E-state index contributed by atoms with van der Waals surface area (Å²) in [4.78, 5) is 13.4. The highest BCUT2D eigenvalue weighted by molar-refractivity contribution is 5.69. The Bertz CT molecular complexity index is 551. The first-order valence-electron chi connectivity index (χ1n) is 6.28. The number of amides is 1. The lowest BCUT2D eigenvalue weighted by molar-refractivity contribution is 0.0241. The van der Waals surface area contributed by atoms with Crippen molar-refractivity contribution in [3.8, 4) is 11.5 Å². The number of ether oxygens (including phenoxy) is 2. The maximum atomic E-state index is 14.0. The molecular weight excluding hydrogens is 265 g/mol. The Morgan fingerprint density at radius 2 is 2.05 bits per heavy atom. The quantitative estimate of drug-likeness (QED) is 0.861. The van der Waals surface area contributed by atoms with Crippen LogP contribution in [0.1, 0.15) is 31.9 Å². The molecule has 0 aliphatic carbocycles. The molecule has 5 nitrogen and oxygen atoms in total. The van der Waals surface area contributed by atoms with Crippen LogP contribution in [0.25, 0.3) is 0 Å². The van der Waals surface area contributed by atoms with Gasteiger partial charge in [0, 0.05) is 12.1 Å². The smallest absolute Gasteiger partial charge is 0.410 e. The van der Waals surface area contributed by atoms with Crippen molar-refractivity contribution in [3.05, 3.63) is 23.0 Å². The predicted molar refractivity (Wildman–Crippen MR) is 70.1 cm³/mol. The number of benzene rings is 1. The standard InChI is InChI=1S/C14H18FNO4/c1-14(2,3)20-13(18)16-6-8-5-10(19-4)12(17)11(15)9(8)7-16/h5,17H,6-7H2,1-4H3. The van der Waals surface area contributed by atoms with Crippen LogP contribution in [0.3, 0.4) is 0 Å². The molecule has 0 atom stereocenters. The number of carbonyl (C=O) groups excluding carboxylic acids is 1. The maximum Gasteiger partial charge on any atom is 0.410 e. The minimum atomic E-state index is -0.745. The van der Waals surface area contributed by atoms with Gasteiger partial charge in [-0.3, -0.25) is 4.90 Å². The van der Waals surface area contributed by atoms with Crippen LogP contribution >= 0.6 is 0 Å². The molecule has 1 aromatic carbocycles. The molecule has 110 valence electrons. The molecule has 2 rings (SSSR count). The number of fused-ring (bicyclic) bond motifs is 1. The van der Waals surface area contributed by atoms with Gasteiger partial charge in [-0.15, -0.1) is 0 Å². The SMILES string of the molecule is COc1cc2c(c(F)c1O)CN(C(=O)OC(C)(C)C)C2. The molecule has 0 saturated carbocycles. The summed E-state index contributed by atoms with van der Waals surface area (Å²) in [6.07, 6.45) is -0.508. The fraction of sp³-hybridized carbons (Fsp3) is 0.500. The van der Waals surface area contributed by atoms with Gasteiger partial charge in [-0.2, -0.15) is 0 Å². The molecule has 0 radical (unpaired) electrons. The number of rotatable bonds is 1. The molecule has 6 heteroatoms. The zero-order valence-electron chi connectivity index (χ0n) is 12.0. The van der Waals surface area contributed by atoms with E-state index >= 15 is 0 Å². The zero-order valence-corrected chi connectivity index (χ0v) is 12.0. The highest BCUT2D eigenvalue weighted by atomic mass is 19.1. The first-order valence-corrected chi connectivity index (χ1v) is 6.28. The van der Waals surface area contributed by atoms with E-state index < -0.39 is 23.3 Å². The Morgan fingerprint density at radius 3 is 2.60 bits per heavy atom. The molecule has 1 aromatic rings. The molecule has 1 amide bonds. The van der Waals surface area contributed by atoms with Gasteiger partial charge >= 0.3 is 6.09 Å². The molecule has 1 N–H and O–H groups in total. The van der Waals surface area contributed by atoms with E-state index in [1.165, 1.54) is 18.1 Å². The second-order valence-corrected chi connectivity index (χ2v) is 5.72. The van der Waals surface area contributed by atoms with Crippen LogP contribution in [0.4, 0.5) is 9.18 Å². The van der Waals surface area contributed by atoms with E-state index in [0.717, 1.165) is 0 Å². The molecule has 1 aliphatic heterocycles. The summed E-state index contributed by atoms with van der Waals surface area (Å²) in [5.41, 5.74) is 0.307. The molecular formula is C14H18FNO4. The molecule has 0 bridgehead atoms. The second kappa shape index (κ2) is 4.85. The normalized spacial score (nSPS) is 14.2. The predicted octanol–water partition coefficient (Wildman–Crippen LogP) is 2.79. The van der Waals surface area contributed by atoms with Gasteiger partial charge in [0.2, 0.25) is 0 Å². The number of phenols is 1. The summed E-state index contributed by atoms with van der Waals surface area (Å²) < 4.78 is 24.2. The van der Waals surface area contributed by atoms with Gasteiger partial charge in [0.05, 0.1) is 13.7 Å².